The third-order valence-electron chi connectivity index (χ3n) is 2.05. The van der Waals surface area contributed by atoms with Gasteiger partial charge in [-0.2, -0.15) is 0 Å². The van der Waals surface area contributed by atoms with E-state index in [4.69, 9.17) is 16.3 Å². The van der Waals surface area contributed by atoms with Crippen molar-refractivity contribution in [2.45, 2.75) is 12.8 Å². The lowest BCUT2D eigenvalue weighted by atomic mass is 10.0. The van der Waals surface area contributed by atoms with Gasteiger partial charge in [0.15, 0.2) is 0 Å². The van der Waals surface area contributed by atoms with Crippen molar-refractivity contribution < 1.29 is 4.74 Å². The molecule has 0 radical (unpaired) electrons. The molecule has 1 nitrogen and oxygen atoms in total. The van der Waals surface area contributed by atoms with Crippen molar-refractivity contribution >= 4 is 27.5 Å². The molecule has 1 aromatic carbocycles. The van der Waals surface area contributed by atoms with Crippen LogP contribution in [0.2, 0.25) is 5.02 Å². The Hall–Kier alpha value is -0.0500. The van der Waals surface area contributed by atoms with Crippen molar-refractivity contribution in [3.05, 3.63) is 34.9 Å². The average Bonchev–Trinajstić information content (AvgIpc) is 2.21. The molecular formula is C11H14BrClO. The van der Waals surface area contributed by atoms with Gasteiger partial charge in [0.1, 0.15) is 0 Å². The minimum Gasteiger partial charge on any atom is -0.381 e. The highest BCUT2D eigenvalue weighted by molar-refractivity contribution is 9.09. The molecule has 0 amide bonds. The Bertz CT molecular complexity index is 278. The number of halogens is 2. The van der Waals surface area contributed by atoms with Crippen LogP contribution in [0.15, 0.2) is 24.3 Å². The molecule has 0 saturated carbocycles. The van der Waals surface area contributed by atoms with E-state index in [0.717, 1.165) is 22.5 Å². The minimum atomic E-state index is 0.337. The Balaban J connectivity index is 2.73. The Morgan fingerprint density at radius 3 is 2.71 bits per heavy atom. The molecule has 0 N–H and O–H groups in total. The summed E-state index contributed by atoms with van der Waals surface area (Å²) in [6.45, 7) is 3.46. The number of hydrogen-bond donors (Lipinski definition) is 0. The molecule has 0 aliphatic rings. The SMILES string of the molecule is CCOCC(CBr)c1ccccc1Cl. The standard InChI is InChI=1S/C11H14BrClO/c1-2-14-8-9(7-12)10-5-3-4-6-11(10)13/h3-6,9H,2,7-8H2,1H3. The van der Waals surface area contributed by atoms with Gasteiger partial charge in [-0.3, -0.25) is 0 Å². The Labute approximate surface area is 98.5 Å². The van der Waals surface area contributed by atoms with E-state index in [2.05, 4.69) is 15.9 Å². The van der Waals surface area contributed by atoms with Gasteiger partial charge in [0.05, 0.1) is 6.61 Å². The summed E-state index contributed by atoms with van der Waals surface area (Å²) in [4.78, 5) is 0. The lowest BCUT2D eigenvalue weighted by molar-refractivity contribution is 0.137. The van der Waals surface area contributed by atoms with Crippen molar-refractivity contribution in [2.24, 2.45) is 0 Å². The Morgan fingerprint density at radius 2 is 2.14 bits per heavy atom. The van der Waals surface area contributed by atoms with E-state index >= 15 is 0 Å². The van der Waals surface area contributed by atoms with E-state index < -0.39 is 0 Å². The molecule has 14 heavy (non-hydrogen) atoms. The zero-order valence-electron chi connectivity index (χ0n) is 8.17. The second-order valence-electron chi connectivity index (χ2n) is 3.03. The van der Waals surface area contributed by atoms with Gasteiger partial charge >= 0.3 is 0 Å². The summed E-state index contributed by atoms with van der Waals surface area (Å²) in [5, 5.41) is 1.69. The molecule has 1 aromatic rings. The van der Waals surface area contributed by atoms with Gasteiger partial charge in [0.25, 0.3) is 0 Å². The van der Waals surface area contributed by atoms with E-state index in [0.29, 0.717) is 12.5 Å². The smallest absolute Gasteiger partial charge is 0.0543 e. The monoisotopic (exact) mass is 276 g/mol. The van der Waals surface area contributed by atoms with Gasteiger partial charge in [0.2, 0.25) is 0 Å². The van der Waals surface area contributed by atoms with Crippen molar-refractivity contribution in [3.63, 3.8) is 0 Å². The Morgan fingerprint density at radius 1 is 1.43 bits per heavy atom. The summed E-state index contributed by atoms with van der Waals surface area (Å²) >= 11 is 9.58. The van der Waals surface area contributed by atoms with E-state index in [9.17, 15) is 0 Å². The minimum absolute atomic E-state index is 0.337. The van der Waals surface area contributed by atoms with Crippen LogP contribution >= 0.6 is 27.5 Å². The topological polar surface area (TPSA) is 9.23 Å². The molecule has 1 unspecified atom stereocenters. The number of alkyl halides is 1. The van der Waals surface area contributed by atoms with Gasteiger partial charge < -0.3 is 4.74 Å². The van der Waals surface area contributed by atoms with E-state index in [-0.39, 0.29) is 0 Å². The zero-order chi connectivity index (χ0) is 10.4. The summed E-state index contributed by atoms with van der Waals surface area (Å²) in [6.07, 6.45) is 0. The number of ether oxygens (including phenoxy) is 1. The van der Waals surface area contributed by atoms with Crippen LogP contribution < -0.4 is 0 Å². The summed E-state index contributed by atoms with van der Waals surface area (Å²) < 4.78 is 5.41. The third-order valence-corrected chi connectivity index (χ3v) is 3.18. The van der Waals surface area contributed by atoms with Crippen LogP contribution in [-0.4, -0.2) is 18.5 Å². The van der Waals surface area contributed by atoms with Crippen LogP contribution in [-0.2, 0) is 4.74 Å². The van der Waals surface area contributed by atoms with Crippen LogP contribution in [0.3, 0.4) is 0 Å². The van der Waals surface area contributed by atoms with Crippen LogP contribution in [0.5, 0.6) is 0 Å². The average molecular weight is 278 g/mol. The number of benzene rings is 1. The molecular weight excluding hydrogens is 263 g/mol. The molecule has 0 saturated heterocycles. The van der Waals surface area contributed by atoms with Crippen molar-refractivity contribution in [2.75, 3.05) is 18.5 Å². The lowest BCUT2D eigenvalue weighted by Crippen LogP contribution is -2.09. The molecule has 0 aliphatic carbocycles. The van der Waals surface area contributed by atoms with Crippen LogP contribution in [0.1, 0.15) is 18.4 Å². The number of rotatable bonds is 5. The molecule has 0 aliphatic heterocycles. The van der Waals surface area contributed by atoms with Gasteiger partial charge in [-0.15, -0.1) is 0 Å². The molecule has 3 heteroatoms. The maximum Gasteiger partial charge on any atom is 0.0543 e. The lowest BCUT2D eigenvalue weighted by Gasteiger charge is -2.15. The van der Waals surface area contributed by atoms with Crippen LogP contribution in [0.25, 0.3) is 0 Å². The molecule has 1 atom stereocenters. The van der Waals surface area contributed by atoms with Gasteiger partial charge in [-0.05, 0) is 18.6 Å². The quantitative estimate of drug-likeness (QED) is 0.743. The first kappa shape index (κ1) is 12.0. The normalized spacial score (nSPS) is 12.8. The van der Waals surface area contributed by atoms with Crippen molar-refractivity contribution in [1.29, 1.82) is 0 Å². The van der Waals surface area contributed by atoms with E-state index in [1.165, 1.54) is 0 Å². The van der Waals surface area contributed by atoms with Gasteiger partial charge in [0, 0.05) is 22.9 Å². The van der Waals surface area contributed by atoms with Crippen molar-refractivity contribution in [1.82, 2.24) is 0 Å². The fourth-order valence-electron chi connectivity index (χ4n) is 1.28. The summed E-state index contributed by atoms with van der Waals surface area (Å²) in [7, 11) is 0. The third kappa shape index (κ3) is 3.26. The highest BCUT2D eigenvalue weighted by Gasteiger charge is 2.12. The second-order valence-corrected chi connectivity index (χ2v) is 4.09. The maximum atomic E-state index is 6.10. The van der Waals surface area contributed by atoms with Gasteiger partial charge in [-0.25, -0.2) is 0 Å². The molecule has 0 aromatic heterocycles. The first-order valence-electron chi connectivity index (χ1n) is 4.67. The molecule has 0 spiro atoms. The fraction of sp³-hybridized carbons (Fsp3) is 0.455. The number of hydrogen-bond acceptors (Lipinski definition) is 1. The second kappa shape index (κ2) is 6.44. The molecule has 78 valence electrons. The largest absolute Gasteiger partial charge is 0.381 e. The van der Waals surface area contributed by atoms with Gasteiger partial charge in [-0.1, -0.05) is 45.7 Å². The summed E-state index contributed by atoms with van der Waals surface area (Å²) in [6, 6.07) is 7.91. The van der Waals surface area contributed by atoms with Crippen molar-refractivity contribution in [3.8, 4) is 0 Å². The highest BCUT2D eigenvalue weighted by Crippen LogP contribution is 2.26. The zero-order valence-corrected chi connectivity index (χ0v) is 10.5. The molecule has 0 heterocycles. The fourth-order valence-corrected chi connectivity index (χ4v) is 2.11. The Kier molecular flexibility index (Phi) is 5.53. The first-order valence-corrected chi connectivity index (χ1v) is 6.17. The predicted molar refractivity (Wildman–Crippen MR) is 64.5 cm³/mol. The van der Waals surface area contributed by atoms with Crippen LogP contribution in [0, 0.1) is 0 Å². The summed E-state index contributed by atoms with van der Waals surface area (Å²) in [5.41, 5.74) is 1.15. The van der Waals surface area contributed by atoms with Crippen LogP contribution in [0.4, 0.5) is 0 Å². The molecule has 0 bridgehead atoms. The first-order chi connectivity index (χ1) is 6.79. The molecule has 1 rings (SSSR count). The highest BCUT2D eigenvalue weighted by atomic mass is 79.9. The van der Waals surface area contributed by atoms with E-state index in [1.807, 2.05) is 31.2 Å². The summed E-state index contributed by atoms with van der Waals surface area (Å²) in [5.74, 6) is 0.337. The maximum absolute atomic E-state index is 6.10. The predicted octanol–water partition coefficient (Wildman–Crippen LogP) is 3.86. The molecule has 0 fully saturated rings. The van der Waals surface area contributed by atoms with E-state index in [1.54, 1.807) is 0 Å².